The van der Waals surface area contributed by atoms with E-state index >= 15 is 0 Å². The van der Waals surface area contributed by atoms with Crippen LogP contribution in [0.5, 0.6) is 11.5 Å². The Kier molecular flexibility index (Phi) is 7.29. The van der Waals surface area contributed by atoms with Crippen LogP contribution >= 0.6 is 11.6 Å². The van der Waals surface area contributed by atoms with E-state index in [1.807, 2.05) is 12.1 Å². The van der Waals surface area contributed by atoms with Gasteiger partial charge in [0.1, 0.15) is 11.5 Å². The third-order valence-corrected chi connectivity index (χ3v) is 4.09. The van der Waals surface area contributed by atoms with Crippen LogP contribution in [0, 0.1) is 0 Å². The Morgan fingerprint density at radius 1 is 1.07 bits per heavy atom. The molecular formula is C21H24ClNO5. The van der Waals surface area contributed by atoms with Crippen LogP contribution in [0.4, 0.5) is 5.69 Å². The van der Waals surface area contributed by atoms with Gasteiger partial charge >= 0.3 is 5.97 Å². The SMILES string of the molecule is COc1ccc(C(C)(C)C)cc1NC(=O)COC(=O)COc1cccc(Cl)c1. The molecule has 2 rings (SSSR count). The van der Waals surface area contributed by atoms with Gasteiger partial charge < -0.3 is 19.5 Å². The molecule has 0 heterocycles. The molecule has 0 aliphatic rings. The van der Waals surface area contributed by atoms with Crippen molar-refractivity contribution in [3.05, 3.63) is 53.1 Å². The average Bonchev–Trinajstić information content (AvgIpc) is 2.64. The van der Waals surface area contributed by atoms with E-state index in [2.05, 4.69) is 26.1 Å². The van der Waals surface area contributed by atoms with Crippen LogP contribution in [0.25, 0.3) is 0 Å². The minimum Gasteiger partial charge on any atom is -0.495 e. The van der Waals surface area contributed by atoms with E-state index in [-0.39, 0.29) is 12.0 Å². The second-order valence-corrected chi connectivity index (χ2v) is 7.56. The zero-order valence-electron chi connectivity index (χ0n) is 16.4. The van der Waals surface area contributed by atoms with Gasteiger partial charge in [0.25, 0.3) is 5.91 Å². The lowest BCUT2D eigenvalue weighted by Crippen LogP contribution is -2.24. The van der Waals surface area contributed by atoms with E-state index in [4.69, 9.17) is 25.8 Å². The van der Waals surface area contributed by atoms with E-state index < -0.39 is 18.5 Å². The number of benzene rings is 2. The zero-order chi connectivity index (χ0) is 20.7. The van der Waals surface area contributed by atoms with Crippen molar-refractivity contribution in [2.24, 2.45) is 0 Å². The summed E-state index contributed by atoms with van der Waals surface area (Å²) in [6.45, 7) is 5.46. The minimum absolute atomic E-state index is 0.0874. The van der Waals surface area contributed by atoms with Gasteiger partial charge in [-0.2, -0.15) is 0 Å². The number of hydrogen-bond donors (Lipinski definition) is 1. The number of ether oxygens (including phenoxy) is 3. The van der Waals surface area contributed by atoms with Gasteiger partial charge in [-0.05, 0) is 41.3 Å². The highest BCUT2D eigenvalue weighted by molar-refractivity contribution is 6.30. The molecule has 0 aliphatic heterocycles. The van der Waals surface area contributed by atoms with E-state index in [1.54, 1.807) is 30.3 Å². The first-order valence-corrected chi connectivity index (χ1v) is 9.09. The molecule has 0 fully saturated rings. The molecular weight excluding hydrogens is 382 g/mol. The highest BCUT2D eigenvalue weighted by atomic mass is 35.5. The first-order valence-electron chi connectivity index (χ1n) is 8.71. The van der Waals surface area contributed by atoms with Crippen LogP contribution in [-0.4, -0.2) is 32.2 Å². The van der Waals surface area contributed by atoms with Gasteiger partial charge in [-0.3, -0.25) is 4.79 Å². The Bertz CT molecular complexity index is 845. The second kappa shape index (κ2) is 9.46. The number of carbonyl (C=O) groups is 2. The van der Waals surface area contributed by atoms with Crippen molar-refractivity contribution in [1.29, 1.82) is 0 Å². The quantitative estimate of drug-likeness (QED) is 0.698. The van der Waals surface area contributed by atoms with Crippen molar-refractivity contribution in [3.63, 3.8) is 0 Å². The Morgan fingerprint density at radius 3 is 2.46 bits per heavy atom. The summed E-state index contributed by atoms with van der Waals surface area (Å²) < 4.78 is 15.5. The number of anilines is 1. The molecule has 0 radical (unpaired) electrons. The van der Waals surface area contributed by atoms with Crippen LogP contribution in [0.2, 0.25) is 5.02 Å². The molecule has 1 amide bonds. The summed E-state index contributed by atoms with van der Waals surface area (Å²) in [6, 6.07) is 12.2. The van der Waals surface area contributed by atoms with Gasteiger partial charge in [0.15, 0.2) is 13.2 Å². The van der Waals surface area contributed by atoms with Gasteiger partial charge in [-0.1, -0.05) is 44.5 Å². The lowest BCUT2D eigenvalue weighted by Gasteiger charge is -2.21. The number of methoxy groups -OCH3 is 1. The van der Waals surface area contributed by atoms with Crippen LogP contribution in [0.1, 0.15) is 26.3 Å². The number of nitrogens with one attached hydrogen (secondary N) is 1. The molecule has 0 spiro atoms. The predicted octanol–water partition coefficient (Wildman–Crippen LogP) is 4.21. The number of amides is 1. The summed E-state index contributed by atoms with van der Waals surface area (Å²) >= 11 is 5.84. The van der Waals surface area contributed by atoms with Gasteiger partial charge in [-0.25, -0.2) is 4.79 Å². The van der Waals surface area contributed by atoms with Crippen molar-refractivity contribution >= 4 is 29.2 Å². The van der Waals surface area contributed by atoms with Gasteiger partial charge in [0.2, 0.25) is 0 Å². The largest absolute Gasteiger partial charge is 0.495 e. The molecule has 0 bridgehead atoms. The first-order chi connectivity index (χ1) is 13.2. The lowest BCUT2D eigenvalue weighted by molar-refractivity contribution is -0.149. The van der Waals surface area contributed by atoms with E-state index in [0.717, 1.165) is 5.56 Å². The summed E-state index contributed by atoms with van der Waals surface area (Å²) in [6.07, 6.45) is 0. The highest BCUT2D eigenvalue weighted by Gasteiger charge is 2.17. The lowest BCUT2D eigenvalue weighted by atomic mass is 9.87. The van der Waals surface area contributed by atoms with Crippen LogP contribution in [0.3, 0.4) is 0 Å². The Labute approximate surface area is 169 Å². The van der Waals surface area contributed by atoms with E-state index in [9.17, 15) is 9.59 Å². The molecule has 6 nitrogen and oxygen atoms in total. The number of esters is 1. The molecule has 2 aromatic rings. The maximum Gasteiger partial charge on any atom is 0.344 e. The van der Waals surface area contributed by atoms with Gasteiger partial charge in [0.05, 0.1) is 12.8 Å². The number of halogens is 1. The second-order valence-electron chi connectivity index (χ2n) is 7.12. The number of rotatable bonds is 7. The predicted molar refractivity (Wildman–Crippen MR) is 108 cm³/mol. The Hall–Kier alpha value is -2.73. The first kappa shape index (κ1) is 21.6. The molecule has 2 aromatic carbocycles. The molecule has 7 heteroatoms. The molecule has 0 saturated carbocycles. The highest BCUT2D eigenvalue weighted by Crippen LogP contribution is 2.31. The molecule has 1 N–H and O–H groups in total. The van der Waals surface area contributed by atoms with Crippen molar-refractivity contribution in [3.8, 4) is 11.5 Å². The summed E-state index contributed by atoms with van der Waals surface area (Å²) in [4.78, 5) is 23.9. The third kappa shape index (κ3) is 6.46. The summed E-state index contributed by atoms with van der Waals surface area (Å²) in [5, 5.41) is 3.21. The fourth-order valence-corrected chi connectivity index (χ4v) is 2.53. The number of carbonyl (C=O) groups excluding carboxylic acids is 2. The molecule has 0 aromatic heterocycles. The maximum atomic E-state index is 12.2. The summed E-state index contributed by atoms with van der Waals surface area (Å²) in [5.74, 6) is -0.166. The molecule has 0 saturated heterocycles. The fourth-order valence-electron chi connectivity index (χ4n) is 2.35. The van der Waals surface area contributed by atoms with Crippen LogP contribution < -0.4 is 14.8 Å². The monoisotopic (exact) mass is 405 g/mol. The molecule has 0 atom stereocenters. The smallest absolute Gasteiger partial charge is 0.344 e. The van der Waals surface area contributed by atoms with Crippen molar-refractivity contribution in [2.75, 3.05) is 25.6 Å². The van der Waals surface area contributed by atoms with Crippen molar-refractivity contribution in [1.82, 2.24) is 0 Å². The summed E-state index contributed by atoms with van der Waals surface area (Å²) in [7, 11) is 1.52. The minimum atomic E-state index is -0.662. The van der Waals surface area contributed by atoms with Crippen molar-refractivity contribution < 1.29 is 23.8 Å². The molecule has 28 heavy (non-hydrogen) atoms. The van der Waals surface area contributed by atoms with Gasteiger partial charge in [0, 0.05) is 5.02 Å². The summed E-state index contributed by atoms with van der Waals surface area (Å²) in [5.41, 5.74) is 1.47. The molecule has 150 valence electrons. The normalized spacial score (nSPS) is 10.9. The Morgan fingerprint density at radius 2 is 1.82 bits per heavy atom. The van der Waals surface area contributed by atoms with Crippen LogP contribution in [0.15, 0.2) is 42.5 Å². The third-order valence-electron chi connectivity index (χ3n) is 3.86. The van der Waals surface area contributed by atoms with Crippen molar-refractivity contribution in [2.45, 2.75) is 26.2 Å². The Balaban J connectivity index is 1.89. The number of hydrogen-bond acceptors (Lipinski definition) is 5. The molecule has 0 unspecified atom stereocenters. The molecule has 0 aliphatic carbocycles. The topological polar surface area (TPSA) is 73.9 Å². The van der Waals surface area contributed by atoms with Gasteiger partial charge in [-0.15, -0.1) is 0 Å². The van der Waals surface area contributed by atoms with E-state index in [1.165, 1.54) is 7.11 Å². The zero-order valence-corrected chi connectivity index (χ0v) is 17.1. The maximum absolute atomic E-state index is 12.2. The van der Waals surface area contributed by atoms with E-state index in [0.29, 0.717) is 22.2 Å². The standard InChI is InChI=1S/C21H24ClNO5/c1-21(2,3)14-8-9-18(26-4)17(10-14)23-19(24)12-28-20(25)13-27-16-7-5-6-15(22)11-16/h5-11H,12-13H2,1-4H3,(H,23,24). The fraction of sp³-hybridized carbons (Fsp3) is 0.333. The van der Waals surface area contributed by atoms with Crippen LogP contribution in [-0.2, 0) is 19.7 Å². The average molecular weight is 406 g/mol.